The highest BCUT2D eigenvalue weighted by molar-refractivity contribution is 5.90. The van der Waals surface area contributed by atoms with Gasteiger partial charge in [-0.3, -0.25) is 0 Å². The first-order valence-electron chi connectivity index (χ1n) is 8.17. The van der Waals surface area contributed by atoms with Crippen LogP contribution in [-0.2, 0) is 0 Å². The van der Waals surface area contributed by atoms with Crippen molar-refractivity contribution in [2.45, 2.75) is 57.7 Å². The van der Waals surface area contributed by atoms with Gasteiger partial charge in [0.2, 0.25) is 0 Å². The normalized spacial score (nSPS) is 16.3. The fourth-order valence-corrected chi connectivity index (χ4v) is 2.58. The standard InChI is InChI=1S/C17H26N2O3/c1-2-13(20)11-12-18-17(21)19-15-9-5-6-10-16(15)22-14-7-3-4-8-14/h5-6,9-10,13-14,20H,2-4,7-8,11-12H2,1H3,(H2,18,19,21). The third-order valence-electron chi connectivity index (χ3n) is 3.97. The minimum absolute atomic E-state index is 0.255. The summed E-state index contributed by atoms with van der Waals surface area (Å²) in [7, 11) is 0. The van der Waals surface area contributed by atoms with Crippen molar-refractivity contribution in [2.75, 3.05) is 11.9 Å². The number of aliphatic hydroxyl groups is 1. The van der Waals surface area contributed by atoms with Gasteiger partial charge >= 0.3 is 6.03 Å². The van der Waals surface area contributed by atoms with E-state index in [1.807, 2.05) is 31.2 Å². The zero-order valence-corrected chi connectivity index (χ0v) is 13.2. The Morgan fingerprint density at radius 2 is 2.09 bits per heavy atom. The quantitative estimate of drug-likeness (QED) is 0.724. The summed E-state index contributed by atoms with van der Waals surface area (Å²) in [5.41, 5.74) is 0.683. The molecule has 0 aliphatic heterocycles. The summed E-state index contributed by atoms with van der Waals surface area (Å²) in [5, 5.41) is 15.0. The summed E-state index contributed by atoms with van der Waals surface area (Å²) in [4.78, 5) is 11.9. The Morgan fingerprint density at radius 3 is 2.82 bits per heavy atom. The number of carbonyl (C=O) groups excluding carboxylic acids is 1. The molecule has 0 radical (unpaired) electrons. The monoisotopic (exact) mass is 306 g/mol. The molecular weight excluding hydrogens is 280 g/mol. The van der Waals surface area contributed by atoms with Crippen molar-refractivity contribution in [3.8, 4) is 5.75 Å². The second kappa shape index (κ2) is 8.63. The second-order valence-corrected chi connectivity index (χ2v) is 5.75. The van der Waals surface area contributed by atoms with E-state index in [-0.39, 0.29) is 18.2 Å². The molecule has 1 aromatic rings. The van der Waals surface area contributed by atoms with Gasteiger partial charge in [-0.1, -0.05) is 19.1 Å². The molecule has 0 saturated heterocycles. The van der Waals surface area contributed by atoms with Crippen LogP contribution in [0, 0.1) is 0 Å². The topological polar surface area (TPSA) is 70.6 Å². The van der Waals surface area contributed by atoms with E-state index < -0.39 is 0 Å². The van der Waals surface area contributed by atoms with Gasteiger partial charge in [-0.05, 0) is 50.7 Å². The zero-order valence-electron chi connectivity index (χ0n) is 13.2. The fraction of sp³-hybridized carbons (Fsp3) is 0.588. The Balaban J connectivity index is 1.84. The molecule has 1 fully saturated rings. The lowest BCUT2D eigenvalue weighted by molar-refractivity contribution is 0.160. The molecule has 1 aliphatic carbocycles. The molecule has 1 unspecified atom stereocenters. The van der Waals surface area contributed by atoms with Crippen LogP contribution in [0.5, 0.6) is 5.75 Å². The average molecular weight is 306 g/mol. The van der Waals surface area contributed by atoms with E-state index in [0.717, 1.165) is 18.6 Å². The predicted octanol–water partition coefficient (Wildman–Crippen LogP) is 3.29. The SMILES string of the molecule is CCC(O)CCNC(=O)Nc1ccccc1OC1CCCC1. The van der Waals surface area contributed by atoms with E-state index >= 15 is 0 Å². The number of urea groups is 1. The molecular formula is C17H26N2O3. The Kier molecular flexibility index (Phi) is 6.52. The van der Waals surface area contributed by atoms with Crippen molar-refractivity contribution in [3.05, 3.63) is 24.3 Å². The molecule has 0 spiro atoms. The maximum atomic E-state index is 11.9. The lowest BCUT2D eigenvalue weighted by atomic mass is 10.2. The molecule has 5 heteroatoms. The minimum Gasteiger partial charge on any atom is -0.488 e. The third kappa shape index (κ3) is 5.22. The molecule has 0 bridgehead atoms. The molecule has 5 nitrogen and oxygen atoms in total. The molecule has 0 aromatic heterocycles. The van der Waals surface area contributed by atoms with Gasteiger partial charge in [-0.25, -0.2) is 4.79 Å². The first-order valence-corrected chi connectivity index (χ1v) is 8.17. The summed E-state index contributed by atoms with van der Waals surface area (Å²) in [5.74, 6) is 0.721. The Bertz CT molecular complexity index is 473. The van der Waals surface area contributed by atoms with Crippen LogP contribution in [0.3, 0.4) is 0 Å². The average Bonchev–Trinajstić information content (AvgIpc) is 3.02. The van der Waals surface area contributed by atoms with Gasteiger partial charge in [-0.15, -0.1) is 0 Å². The number of carbonyl (C=O) groups is 1. The summed E-state index contributed by atoms with van der Waals surface area (Å²) in [6, 6.07) is 7.23. The third-order valence-corrected chi connectivity index (χ3v) is 3.97. The Labute approximate surface area is 132 Å². The van der Waals surface area contributed by atoms with Gasteiger partial charge in [-0.2, -0.15) is 0 Å². The highest BCUT2D eigenvalue weighted by Gasteiger charge is 2.18. The minimum atomic E-state index is -0.363. The number of para-hydroxylation sites is 2. The molecule has 1 aromatic carbocycles. The lowest BCUT2D eigenvalue weighted by Crippen LogP contribution is -2.31. The highest BCUT2D eigenvalue weighted by Crippen LogP contribution is 2.29. The molecule has 122 valence electrons. The first kappa shape index (κ1) is 16.6. The van der Waals surface area contributed by atoms with E-state index in [2.05, 4.69) is 10.6 Å². The fourth-order valence-electron chi connectivity index (χ4n) is 2.58. The number of rotatable bonds is 7. The van der Waals surface area contributed by atoms with Crippen LogP contribution < -0.4 is 15.4 Å². The van der Waals surface area contributed by atoms with E-state index in [9.17, 15) is 9.90 Å². The number of benzene rings is 1. The largest absolute Gasteiger partial charge is 0.488 e. The Hall–Kier alpha value is -1.75. The van der Waals surface area contributed by atoms with Gasteiger partial charge in [0, 0.05) is 6.54 Å². The number of anilines is 1. The van der Waals surface area contributed by atoms with Crippen molar-refractivity contribution >= 4 is 11.7 Å². The molecule has 1 atom stereocenters. The van der Waals surface area contributed by atoms with E-state index in [4.69, 9.17) is 4.74 Å². The highest BCUT2D eigenvalue weighted by atomic mass is 16.5. The van der Waals surface area contributed by atoms with Crippen LogP contribution >= 0.6 is 0 Å². The second-order valence-electron chi connectivity index (χ2n) is 5.75. The summed E-state index contributed by atoms with van der Waals surface area (Å²) in [6.45, 7) is 2.37. The van der Waals surface area contributed by atoms with Crippen LogP contribution in [0.15, 0.2) is 24.3 Å². The van der Waals surface area contributed by atoms with Crippen LogP contribution in [0.25, 0.3) is 0 Å². The lowest BCUT2D eigenvalue weighted by Gasteiger charge is -2.17. The van der Waals surface area contributed by atoms with Gasteiger partial charge in [0.1, 0.15) is 5.75 Å². The predicted molar refractivity (Wildman–Crippen MR) is 87.3 cm³/mol. The van der Waals surface area contributed by atoms with Gasteiger partial charge < -0.3 is 20.5 Å². The van der Waals surface area contributed by atoms with Gasteiger partial charge in [0.25, 0.3) is 0 Å². The molecule has 1 saturated carbocycles. The van der Waals surface area contributed by atoms with E-state index in [1.54, 1.807) is 0 Å². The zero-order chi connectivity index (χ0) is 15.8. The van der Waals surface area contributed by atoms with Crippen molar-refractivity contribution in [1.82, 2.24) is 5.32 Å². The van der Waals surface area contributed by atoms with E-state index in [0.29, 0.717) is 25.1 Å². The van der Waals surface area contributed by atoms with Crippen molar-refractivity contribution in [2.24, 2.45) is 0 Å². The summed E-state index contributed by atoms with van der Waals surface area (Å²) >= 11 is 0. The van der Waals surface area contributed by atoms with Crippen LogP contribution in [0.1, 0.15) is 45.4 Å². The van der Waals surface area contributed by atoms with Gasteiger partial charge in [0.15, 0.2) is 0 Å². The van der Waals surface area contributed by atoms with Gasteiger partial charge in [0.05, 0.1) is 17.9 Å². The van der Waals surface area contributed by atoms with Crippen molar-refractivity contribution in [3.63, 3.8) is 0 Å². The molecule has 3 N–H and O–H groups in total. The molecule has 1 aliphatic rings. The summed E-state index contributed by atoms with van der Waals surface area (Å²) < 4.78 is 5.98. The maximum absolute atomic E-state index is 11.9. The van der Waals surface area contributed by atoms with Crippen LogP contribution in [0.2, 0.25) is 0 Å². The number of aliphatic hydroxyl groups excluding tert-OH is 1. The number of amides is 2. The van der Waals surface area contributed by atoms with Crippen LogP contribution in [-0.4, -0.2) is 29.9 Å². The van der Waals surface area contributed by atoms with Crippen LogP contribution in [0.4, 0.5) is 10.5 Å². The molecule has 2 rings (SSSR count). The smallest absolute Gasteiger partial charge is 0.319 e. The maximum Gasteiger partial charge on any atom is 0.319 e. The number of nitrogens with one attached hydrogen (secondary N) is 2. The van der Waals surface area contributed by atoms with E-state index in [1.165, 1.54) is 12.8 Å². The number of hydrogen-bond acceptors (Lipinski definition) is 3. The molecule has 2 amide bonds. The number of ether oxygens (including phenoxy) is 1. The molecule has 22 heavy (non-hydrogen) atoms. The number of hydrogen-bond donors (Lipinski definition) is 3. The first-order chi connectivity index (χ1) is 10.7. The van der Waals surface area contributed by atoms with Crippen molar-refractivity contribution in [1.29, 1.82) is 0 Å². The molecule has 0 heterocycles. The van der Waals surface area contributed by atoms with Crippen molar-refractivity contribution < 1.29 is 14.6 Å². The summed E-state index contributed by atoms with van der Waals surface area (Å²) in [6.07, 6.45) is 5.72. The Morgan fingerprint density at radius 1 is 1.36 bits per heavy atom.